The first-order valence-corrected chi connectivity index (χ1v) is 8.07. The normalized spacial score (nSPS) is 14.5. The van der Waals surface area contributed by atoms with Crippen LogP contribution in [-0.2, 0) is 11.3 Å². The van der Waals surface area contributed by atoms with Gasteiger partial charge in [0.05, 0.1) is 0 Å². The van der Waals surface area contributed by atoms with E-state index in [9.17, 15) is 14.0 Å². The molecule has 0 atom stereocenters. The largest absolute Gasteiger partial charge is 0.348 e. The second-order valence-corrected chi connectivity index (χ2v) is 5.82. The fourth-order valence-corrected chi connectivity index (χ4v) is 2.79. The van der Waals surface area contributed by atoms with E-state index in [2.05, 4.69) is 5.32 Å². The fourth-order valence-electron chi connectivity index (χ4n) is 2.79. The van der Waals surface area contributed by atoms with Crippen LogP contribution in [0.1, 0.15) is 35.2 Å². The standard InChI is InChI=1S/C19H19FN2O2/c20-17-6-2-1-5-15(17)13-21-19(24)14-8-10-16(11-9-14)22-12-4-3-7-18(22)23/h1-2,5-6,8-11H,3-4,7,12-13H2,(H,21,24). The van der Waals surface area contributed by atoms with Gasteiger partial charge in [0.15, 0.2) is 0 Å². The van der Waals surface area contributed by atoms with Crippen LogP contribution < -0.4 is 10.2 Å². The number of halogens is 1. The van der Waals surface area contributed by atoms with Crippen LogP contribution in [0.15, 0.2) is 48.5 Å². The Morgan fingerprint density at radius 2 is 1.83 bits per heavy atom. The molecule has 2 aromatic rings. The third-order valence-electron chi connectivity index (χ3n) is 4.16. The summed E-state index contributed by atoms with van der Waals surface area (Å²) in [6, 6.07) is 13.3. The van der Waals surface area contributed by atoms with Gasteiger partial charge in [-0.05, 0) is 43.2 Å². The number of benzene rings is 2. The predicted octanol–water partition coefficient (Wildman–Crippen LogP) is 3.27. The molecule has 2 amide bonds. The van der Waals surface area contributed by atoms with Crippen molar-refractivity contribution in [2.24, 2.45) is 0 Å². The monoisotopic (exact) mass is 326 g/mol. The minimum atomic E-state index is -0.336. The Labute approximate surface area is 140 Å². The molecule has 1 aliphatic heterocycles. The molecule has 1 saturated heterocycles. The van der Waals surface area contributed by atoms with Gasteiger partial charge in [0.25, 0.3) is 5.91 Å². The number of nitrogens with one attached hydrogen (secondary N) is 1. The van der Waals surface area contributed by atoms with E-state index < -0.39 is 0 Å². The van der Waals surface area contributed by atoms with Gasteiger partial charge in [-0.15, -0.1) is 0 Å². The van der Waals surface area contributed by atoms with E-state index in [0.717, 1.165) is 25.1 Å². The minimum absolute atomic E-state index is 0.123. The van der Waals surface area contributed by atoms with Gasteiger partial charge in [0, 0.05) is 36.3 Å². The summed E-state index contributed by atoms with van der Waals surface area (Å²) in [5.74, 6) is -0.482. The highest BCUT2D eigenvalue weighted by atomic mass is 19.1. The van der Waals surface area contributed by atoms with Crippen LogP contribution in [0.5, 0.6) is 0 Å². The van der Waals surface area contributed by atoms with Crippen molar-refractivity contribution in [3.8, 4) is 0 Å². The number of piperidine rings is 1. The number of rotatable bonds is 4. The zero-order valence-corrected chi connectivity index (χ0v) is 13.3. The highest BCUT2D eigenvalue weighted by Gasteiger charge is 2.19. The first-order valence-electron chi connectivity index (χ1n) is 8.07. The molecule has 1 N–H and O–H groups in total. The number of hydrogen-bond acceptors (Lipinski definition) is 2. The van der Waals surface area contributed by atoms with Crippen LogP contribution >= 0.6 is 0 Å². The van der Waals surface area contributed by atoms with Gasteiger partial charge in [0.2, 0.25) is 5.91 Å². The number of carbonyl (C=O) groups is 2. The summed E-state index contributed by atoms with van der Waals surface area (Å²) in [5.41, 5.74) is 1.74. The smallest absolute Gasteiger partial charge is 0.251 e. The topological polar surface area (TPSA) is 49.4 Å². The van der Waals surface area contributed by atoms with Gasteiger partial charge in [0.1, 0.15) is 5.82 Å². The van der Waals surface area contributed by atoms with Crippen molar-refractivity contribution in [3.05, 3.63) is 65.5 Å². The predicted molar refractivity (Wildman–Crippen MR) is 90.2 cm³/mol. The number of amides is 2. The first kappa shape index (κ1) is 16.2. The number of hydrogen-bond donors (Lipinski definition) is 1. The van der Waals surface area contributed by atoms with Crippen LogP contribution in [0.25, 0.3) is 0 Å². The van der Waals surface area contributed by atoms with E-state index in [-0.39, 0.29) is 24.2 Å². The van der Waals surface area contributed by atoms with E-state index in [1.807, 2.05) is 0 Å². The molecule has 0 radical (unpaired) electrons. The molecule has 0 bridgehead atoms. The lowest BCUT2D eigenvalue weighted by Gasteiger charge is -2.26. The number of anilines is 1. The summed E-state index contributed by atoms with van der Waals surface area (Å²) in [7, 11) is 0. The lowest BCUT2D eigenvalue weighted by molar-refractivity contribution is -0.119. The summed E-state index contributed by atoms with van der Waals surface area (Å²) in [6.45, 7) is 0.857. The molecule has 0 unspecified atom stereocenters. The Balaban J connectivity index is 1.63. The lowest BCUT2D eigenvalue weighted by atomic mass is 10.1. The fraction of sp³-hybridized carbons (Fsp3) is 0.263. The Morgan fingerprint density at radius 1 is 1.08 bits per heavy atom. The Morgan fingerprint density at radius 3 is 2.54 bits per heavy atom. The van der Waals surface area contributed by atoms with Crippen LogP contribution in [0.3, 0.4) is 0 Å². The SMILES string of the molecule is O=C(NCc1ccccc1F)c1ccc(N2CCCCC2=O)cc1. The zero-order valence-electron chi connectivity index (χ0n) is 13.3. The molecule has 1 fully saturated rings. The summed E-state index contributed by atoms with van der Waals surface area (Å²) >= 11 is 0. The Kier molecular flexibility index (Phi) is 4.89. The van der Waals surface area contributed by atoms with Gasteiger partial charge < -0.3 is 10.2 Å². The average Bonchev–Trinajstić information content (AvgIpc) is 2.61. The second-order valence-electron chi connectivity index (χ2n) is 5.82. The molecule has 5 heteroatoms. The maximum Gasteiger partial charge on any atom is 0.251 e. The average molecular weight is 326 g/mol. The van der Waals surface area contributed by atoms with E-state index in [4.69, 9.17) is 0 Å². The second kappa shape index (κ2) is 7.25. The van der Waals surface area contributed by atoms with Gasteiger partial charge in [-0.25, -0.2) is 4.39 Å². The van der Waals surface area contributed by atoms with E-state index in [0.29, 0.717) is 17.5 Å². The van der Waals surface area contributed by atoms with Crippen LogP contribution in [0, 0.1) is 5.82 Å². The molecular formula is C19H19FN2O2. The molecule has 1 aliphatic rings. The summed E-state index contributed by atoms with van der Waals surface area (Å²) in [5, 5.41) is 2.70. The summed E-state index contributed by atoms with van der Waals surface area (Å²) in [4.78, 5) is 25.8. The molecule has 0 aromatic heterocycles. The first-order chi connectivity index (χ1) is 11.6. The van der Waals surface area contributed by atoms with Crippen LogP contribution in [0.2, 0.25) is 0 Å². The Hall–Kier alpha value is -2.69. The third kappa shape index (κ3) is 3.62. The Bertz CT molecular complexity index is 743. The lowest BCUT2D eigenvalue weighted by Crippen LogP contribution is -2.35. The van der Waals surface area contributed by atoms with Crippen molar-refractivity contribution in [1.29, 1.82) is 0 Å². The van der Waals surface area contributed by atoms with Crippen molar-refractivity contribution in [2.75, 3.05) is 11.4 Å². The number of carbonyl (C=O) groups excluding carboxylic acids is 2. The highest BCUT2D eigenvalue weighted by Crippen LogP contribution is 2.21. The molecule has 0 saturated carbocycles. The van der Waals surface area contributed by atoms with Crippen molar-refractivity contribution in [2.45, 2.75) is 25.8 Å². The molecule has 3 rings (SSSR count). The molecular weight excluding hydrogens is 307 g/mol. The van der Waals surface area contributed by atoms with E-state index >= 15 is 0 Å². The summed E-state index contributed by atoms with van der Waals surface area (Å²) in [6.07, 6.45) is 2.51. The molecule has 4 nitrogen and oxygen atoms in total. The van der Waals surface area contributed by atoms with Crippen LogP contribution in [0.4, 0.5) is 10.1 Å². The van der Waals surface area contributed by atoms with Crippen molar-refractivity contribution in [1.82, 2.24) is 5.32 Å². The number of nitrogens with zero attached hydrogens (tertiary/aromatic N) is 1. The maximum absolute atomic E-state index is 13.5. The summed E-state index contributed by atoms with van der Waals surface area (Å²) < 4.78 is 13.5. The van der Waals surface area contributed by atoms with Crippen LogP contribution in [-0.4, -0.2) is 18.4 Å². The minimum Gasteiger partial charge on any atom is -0.348 e. The molecule has 24 heavy (non-hydrogen) atoms. The third-order valence-corrected chi connectivity index (χ3v) is 4.16. The zero-order chi connectivity index (χ0) is 16.9. The van der Waals surface area contributed by atoms with Gasteiger partial charge in [-0.2, -0.15) is 0 Å². The van der Waals surface area contributed by atoms with Crippen molar-refractivity contribution >= 4 is 17.5 Å². The van der Waals surface area contributed by atoms with Crippen molar-refractivity contribution < 1.29 is 14.0 Å². The molecule has 0 spiro atoms. The molecule has 2 aromatic carbocycles. The van der Waals surface area contributed by atoms with Crippen molar-refractivity contribution in [3.63, 3.8) is 0 Å². The highest BCUT2D eigenvalue weighted by molar-refractivity contribution is 5.96. The molecule has 1 heterocycles. The molecule has 0 aliphatic carbocycles. The van der Waals surface area contributed by atoms with Gasteiger partial charge in [-0.3, -0.25) is 9.59 Å². The quantitative estimate of drug-likeness (QED) is 0.937. The van der Waals surface area contributed by atoms with E-state index in [1.165, 1.54) is 6.07 Å². The van der Waals surface area contributed by atoms with Gasteiger partial charge >= 0.3 is 0 Å². The molecule has 124 valence electrons. The maximum atomic E-state index is 13.5. The van der Waals surface area contributed by atoms with Gasteiger partial charge in [-0.1, -0.05) is 18.2 Å². The van der Waals surface area contributed by atoms with E-state index in [1.54, 1.807) is 47.4 Å².